The number of carboxylic acid groups (broad SMARTS) is 1. The van der Waals surface area contributed by atoms with Gasteiger partial charge in [-0.15, -0.1) is 0 Å². The average molecular weight is 311 g/mol. The summed E-state index contributed by atoms with van der Waals surface area (Å²) in [6.07, 6.45) is -0.661. The van der Waals surface area contributed by atoms with E-state index in [0.29, 0.717) is 13.0 Å². The molecule has 0 aromatic heterocycles. The maximum absolute atomic E-state index is 13.7. The van der Waals surface area contributed by atoms with Crippen molar-refractivity contribution in [3.8, 4) is 0 Å². The number of hydrogen-bond donors (Lipinski definition) is 1. The van der Waals surface area contributed by atoms with Gasteiger partial charge in [0.05, 0.1) is 13.2 Å². The van der Waals surface area contributed by atoms with Gasteiger partial charge in [-0.3, -0.25) is 4.79 Å². The smallest absolute Gasteiger partial charge is 0.334 e. The fraction of sp³-hybridized carbons (Fsp3) is 0.467. The molecule has 0 unspecified atom stereocenters. The Morgan fingerprint density at radius 1 is 1.27 bits per heavy atom. The summed E-state index contributed by atoms with van der Waals surface area (Å²) in [4.78, 5) is 24.7. The Morgan fingerprint density at radius 2 is 1.95 bits per heavy atom. The highest BCUT2D eigenvalue weighted by molar-refractivity contribution is 5.84. The molecule has 2 fully saturated rings. The predicted octanol–water partition coefficient (Wildman–Crippen LogP) is 1.38. The van der Waals surface area contributed by atoms with Crippen LogP contribution in [-0.2, 0) is 14.3 Å². The van der Waals surface area contributed by atoms with Crippen molar-refractivity contribution in [2.75, 3.05) is 19.7 Å². The van der Waals surface area contributed by atoms with Gasteiger partial charge in [0.2, 0.25) is 5.91 Å². The maximum Gasteiger partial charge on any atom is 0.334 e. The largest absolute Gasteiger partial charge is 0.479 e. The van der Waals surface area contributed by atoms with E-state index in [4.69, 9.17) is 9.84 Å². The molecule has 3 atom stereocenters. The molecule has 1 amide bonds. The number of carbonyl (C=O) groups is 2. The van der Waals surface area contributed by atoms with E-state index in [1.807, 2.05) is 0 Å². The molecule has 1 aromatic rings. The summed E-state index contributed by atoms with van der Waals surface area (Å²) < 4.78 is 32.5. The molecule has 0 bridgehead atoms. The Hall–Kier alpha value is -2.02. The van der Waals surface area contributed by atoms with Crippen LogP contribution in [0.3, 0.4) is 0 Å². The molecule has 0 radical (unpaired) electrons. The van der Waals surface area contributed by atoms with Crippen LogP contribution in [-0.4, -0.2) is 47.7 Å². The van der Waals surface area contributed by atoms with E-state index >= 15 is 0 Å². The molecular weight excluding hydrogens is 296 g/mol. The Bertz CT molecular complexity index is 601. The molecule has 1 saturated carbocycles. The van der Waals surface area contributed by atoms with E-state index in [1.54, 1.807) is 0 Å². The van der Waals surface area contributed by atoms with Gasteiger partial charge in [-0.2, -0.15) is 0 Å². The molecule has 22 heavy (non-hydrogen) atoms. The average Bonchev–Trinajstić information content (AvgIpc) is 3.26. The van der Waals surface area contributed by atoms with Gasteiger partial charge in [-0.25, -0.2) is 13.6 Å². The van der Waals surface area contributed by atoms with Gasteiger partial charge in [0.1, 0.15) is 11.6 Å². The van der Waals surface area contributed by atoms with Crippen molar-refractivity contribution in [3.05, 3.63) is 35.4 Å². The minimum absolute atomic E-state index is 0.0306. The summed E-state index contributed by atoms with van der Waals surface area (Å²) in [7, 11) is 0. The van der Waals surface area contributed by atoms with E-state index in [-0.39, 0.29) is 24.6 Å². The van der Waals surface area contributed by atoms with Crippen molar-refractivity contribution in [1.29, 1.82) is 0 Å². The zero-order chi connectivity index (χ0) is 15.9. The summed E-state index contributed by atoms with van der Waals surface area (Å²) in [5.74, 6) is -3.64. The second kappa shape index (κ2) is 5.64. The van der Waals surface area contributed by atoms with Gasteiger partial charge in [0.15, 0.2) is 6.10 Å². The van der Waals surface area contributed by atoms with Crippen LogP contribution in [0.25, 0.3) is 0 Å². The molecule has 1 saturated heterocycles. The van der Waals surface area contributed by atoms with Crippen molar-refractivity contribution >= 4 is 11.9 Å². The number of amides is 1. The standard InChI is InChI=1S/C15H15F2NO4/c16-10-2-1-3-11(17)13(10)8-6-9(8)14(19)18-4-5-22-12(7-18)15(20)21/h1-3,8-9,12H,4-7H2,(H,20,21)/t8-,9-,12-/m0/s1. The van der Waals surface area contributed by atoms with Gasteiger partial charge in [-0.05, 0) is 18.6 Å². The van der Waals surface area contributed by atoms with E-state index in [2.05, 4.69) is 0 Å². The zero-order valence-corrected chi connectivity index (χ0v) is 11.7. The predicted molar refractivity (Wildman–Crippen MR) is 71.2 cm³/mol. The van der Waals surface area contributed by atoms with Crippen LogP contribution in [0.2, 0.25) is 0 Å². The molecule has 7 heteroatoms. The minimum Gasteiger partial charge on any atom is -0.479 e. The Kier molecular flexibility index (Phi) is 3.82. The first-order valence-corrected chi connectivity index (χ1v) is 7.06. The maximum atomic E-state index is 13.7. The highest BCUT2D eigenvalue weighted by Gasteiger charge is 2.49. The number of morpholine rings is 1. The molecule has 1 aromatic carbocycles. The molecule has 2 aliphatic rings. The third kappa shape index (κ3) is 2.68. The number of carbonyl (C=O) groups excluding carboxylic acids is 1. The summed E-state index contributed by atoms with van der Waals surface area (Å²) in [6.45, 7) is 0.414. The van der Waals surface area contributed by atoms with E-state index in [0.717, 1.165) is 0 Å². The van der Waals surface area contributed by atoms with Gasteiger partial charge in [-0.1, -0.05) is 6.07 Å². The van der Waals surface area contributed by atoms with E-state index in [1.165, 1.54) is 23.1 Å². The lowest BCUT2D eigenvalue weighted by atomic mass is 10.1. The van der Waals surface area contributed by atoms with E-state index in [9.17, 15) is 18.4 Å². The Morgan fingerprint density at radius 3 is 2.59 bits per heavy atom. The Labute approximate surface area is 125 Å². The zero-order valence-electron chi connectivity index (χ0n) is 11.7. The normalized spacial score (nSPS) is 27.5. The number of hydrogen-bond acceptors (Lipinski definition) is 3. The topological polar surface area (TPSA) is 66.8 Å². The van der Waals surface area contributed by atoms with Gasteiger partial charge < -0.3 is 14.7 Å². The van der Waals surface area contributed by atoms with Crippen molar-refractivity contribution < 1.29 is 28.2 Å². The number of halogens is 2. The second-order valence-corrected chi connectivity index (χ2v) is 5.57. The SMILES string of the molecule is O=C(O)[C@@H]1CN(C(=O)[C@H]2C[C@@H]2c2c(F)cccc2F)CCO1. The second-order valence-electron chi connectivity index (χ2n) is 5.57. The first-order valence-electron chi connectivity index (χ1n) is 7.06. The highest BCUT2D eigenvalue weighted by Crippen LogP contribution is 2.50. The fourth-order valence-electron chi connectivity index (χ4n) is 2.89. The number of aliphatic carboxylic acids is 1. The lowest BCUT2D eigenvalue weighted by molar-refractivity contribution is -0.159. The monoisotopic (exact) mass is 311 g/mol. The lowest BCUT2D eigenvalue weighted by Gasteiger charge is -2.31. The van der Waals surface area contributed by atoms with Crippen molar-refractivity contribution in [2.24, 2.45) is 5.92 Å². The van der Waals surface area contributed by atoms with Crippen LogP contribution in [0, 0.1) is 17.6 Å². The van der Waals surface area contributed by atoms with Crippen molar-refractivity contribution in [3.63, 3.8) is 0 Å². The third-order valence-corrected chi connectivity index (χ3v) is 4.13. The molecule has 3 rings (SSSR count). The molecule has 1 aliphatic heterocycles. The summed E-state index contributed by atoms with van der Waals surface area (Å²) in [5.41, 5.74) is -0.0519. The first-order chi connectivity index (χ1) is 10.5. The number of ether oxygens (including phenoxy) is 1. The molecular formula is C15H15F2NO4. The van der Waals surface area contributed by atoms with Crippen molar-refractivity contribution in [1.82, 2.24) is 4.90 Å². The third-order valence-electron chi connectivity index (χ3n) is 4.13. The Balaban J connectivity index is 1.69. The van der Waals surface area contributed by atoms with Gasteiger partial charge in [0.25, 0.3) is 0 Å². The van der Waals surface area contributed by atoms with Gasteiger partial charge >= 0.3 is 5.97 Å². The van der Waals surface area contributed by atoms with Crippen LogP contribution in [0.15, 0.2) is 18.2 Å². The first kappa shape index (κ1) is 14.9. The van der Waals surface area contributed by atoms with Crippen LogP contribution < -0.4 is 0 Å². The van der Waals surface area contributed by atoms with Crippen LogP contribution in [0.5, 0.6) is 0 Å². The lowest BCUT2D eigenvalue weighted by Crippen LogP contribution is -2.49. The summed E-state index contributed by atoms with van der Waals surface area (Å²) >= 11 is 0. The molecule has 1 heterocycles. The van der Waals surface area contributed by atoms with E-state index < -0.39 is 35.5 Å². The van der Waals surface area contributed by atoms with Crippen LogP contribution in [0.1, 0.15) is 17.9 Å². The number of carboxylic acids is 1. The van der Waals surface area contributed by atoms with Gasteiger partial charge in [0, 0.05) is 23.9 Å². The van der Waals surface area contributed by atoms with Crippen molar-refractivity contribution in [2.45, 2.75) is 18.4 Å². The van der Waals surface area contributed by atoms with Crippen LogP contribution in [0.4, 0.5) is 8.78 Å². The van der Waals surface area contributed by atoms with Crippen LogP contribution >= 0.6 is 0 Å². The fourth-order valence-corrected chi connectivity index (χ4v) is 2.89. The quantitative estimate of drug-likeness (QED) is 0.916. The highest BCUT2D eigenvalue weighted by atomic mass is 19.1. The molecule has 5 nitrogen and oxygen atoms in total. The molecule has 1 N–H and O–H groups in total. The number of nitrogens with zero attached hydrogens (tertiary/aromatic N) is 1. The molecule has 1 aliphatic carbocycles. The number of rotatable bonds is 3. The number of benzene rings is 1. The minimum atomic E-state index is -1.12. The molecule has 118 valence electrons. The molecule has 0 spiro atoms. The summed E-state index contributed by atoms with van der Waals surface area (Å²) in [5, 5.41) is 8.93. The summed E-state index contributed by atoms with van der Waals surface area (Å²) in [6, 6.07) is 3.63.